The quantitative estimate of drug-likeness (QED) is 0.185. The van der Waals surface area contributed by atoms with Gasteiger partial charge < -0.3 is 5.11 Å². The fourth-order valence-electron chi connectivity index (χ4n) is 4.79. The normalized spacial score (nSPS) is 17.6. The number of benzene rings is 4. The Morgan fingerprint density at radius 1 is 0.735 bits per heavy atom. The summed E-state index contributed by atoms with van der Waals surface area (Å²) in [6, 6.07) is 29.8. The summed E-state index contributed by atoms with van der Waals surface area (Å²) in [5.41, 5.74) is 1.29. The minimum absolute atomic E-state index is 0.108. The molecule has 5 heteroatoms. The number of amides is 1. The summed E-state index contributed by atoms with van der Waals surface area (Å²) in [5, 5.41) is 17.1. The monoisotopic (exact) mass is 461 g/mol. The zero-order valence-electron chi connectivity index (χ0n) is 18.0. The fraction of sp³-hybridized carbons (Fsp3) is 0.0345. The fourth-order valence-corrected chi connectivity index (χ4v) is 5.62. The molecule has 1 N–H and O–H groups in total. The lowest BCUT2D eigenvalue weighted by Crippen LogP contribution is -2.29. The molecular weight excluding hydrogens is 442 g/mol. The molecule has 164 valence electrons. The lowest BCUT2D eigenvalue weighted by atomic mass is 9.96. The van der Waals surface area contributed by atoms with Gasteiger partial charge in [0.1, 0.15) is 11.8 Å². The number of carbonyl (C=O) groups excluding carboxylic acids is 2. The van der Waals surface area contributed by atoms with E-state index in [1.165, 1.54) is 16.2 Å². The number of anilines is 1. The second-order valence-electron chi connectivity index (χ2n) is 8.21. The molecule has 1 saturated heterocycles. The molecule has 4 nitrogen and oxygen atoms in total. The number of hydrogen-bond donors (Lipinski definition) is 1. The molecule has 1 aliphatic heterocycles. The third-order valence-corrected chi connectivity index (χ3v) is 7.25. The van der Waals surface area contributed by atoms with E-state index >= 15 is 0 Å². The SMILES string of the molecule is O=C1C(=O)N(c2cccc3ccccc23)C(c2cccs2)/C1=C(/O)c1cccc2ccccc12. The first-order chi connectivity index (χ1) is 16.6. The summed E-state index contributed by atoms with van der Waals surface area (Å²) in [6.07, 6.45) is 0. The Hall–Kier alpha value is -4.22. The van der Waals surface area contributed by atoms with Crippen LogP contribution >= 0.6 is 11.3 Å². The molecule has 1 aromatic heterocycles. The first-order valence-electron chi connectivity index (χ1n) is 11.0. The zero-order chi connectivity index (χ0) is 23.2. The van der Waals surface area contributed by atoms with Crippen LogP contribution in [0.15, 0.2) is 108 Å². The van der Waals surface area contributed by atoms with E-state index in [1.54, 1.807) is 6.07 Å². The summed E-state index contributed by atoms with van der Waals surface area (Å²) < 4.78 is 0. The van der Waals surface area contributed by atoms with Crippen LogP contribution in [0.3, 0.4) is 0 Å². The standard InChI is InChI=1S/C29H19NO3S/c31-27(22-14-5-10-18-8-1-3-12-20(18)22)25-26(24-16-7-17-34-24)30(29(33)28(25)32)23-15-6-11-19-9-2-4-13-21(19)23/h1-17,26,31H/b27-25-. The van der Waals surface area contributed by atoms with E-state index in [0.29, 0.717) is 11.3 Å². The van der Waals surface area contributed by atoms with Crippen LogP contribution in [0.25, 0.3) is 27.3 Å². The number of hydrogen-bond acceptors (Lipinski definition) is 4. The van der Waals surface area contributed by atoms with Gasteiger partial charge in [0, 0.05) is 15.8 Å². The largest absolute Gasteiger partial charge is 0.507 e. The van der Waals surface area contributed by atoms with E-state index in [2.05, 4.69) is 0 Å². The molecule has 6 rings (SSSR count). The molecule has 0 bridgehead atoms. The van der Waals surface area contributed by atoms with Crippen LogP contribution in [-0.2, 0) is 9.59 Å². The van der Waals surface area contributed by atoms with Crippen molar-refractivity contribution in [1.29, 1.82) is 0 Å². The summed E-state index contributed by atoms with van der Waals surface area (Å²) in [7, 11) is 0. The molecule has 1 unspecified atom stereocenters. The third kappa shape index (κ3) is 3.05. The number of nitrogens with zero attached hydrogens (tertiary/aromatic N) is 1. The van der Waals surface area contributed by atoms with Crippen LogP contribution in [-0.4, -0.2) is 16.8 Å². The highest BCUT2D eigenvalue weighted by Crippen LogP contribution is 2.45. The molecular formula is C29H19NO3S. The van der Waals surface area contributed by atoms with Crippen molar-refractivity contribution in [1.82, 2.24) is 0 Å². The van der Waals surface area contributed by atoms with Crippen LogP contribution in [0.5, 0.6) is 0 Å². The van der Waals surface area contributed by atoms with Crippen LogP contribution < -0.4 is 4.90 Å². The molecule has 1 aliphatic rings. The molecule has 5 aromatic rings. The molecule has 0 saturated carbocycles. The second kappa shape index (κ2) is 7.97. The maximum absolute atomic E-state index is 13.5. The molecule has 1 atom stereocenters. The first-order valence-corrected chi connectivity index (χ1v) is 11.8. The van der Waals surface area contributed by atoms with Crippen molar-refractivity contribution in [3.05, 3.63) is 118 Å². The maximum Gasteiger partial charge on any atom is 0.300 e. The minimum Gasteiger partial charge on any atom is -0.507 e. The number of aliphatic hydroxyl groups excluding tert-OH is 1. The van der Waals surface area contributed by atoms with E-state index < -0.39 is 17.7 Å². The van der Waals surface area contributed by atoms with E-state index in [-0.39, 0.29) is 11.3 Å². The van der Waals surface area contributed by atoms with Crippen LogP contribution in [0.2, 0.25) is 0 Å². The van der Waals surface area contributed by atoms with Gasteiger partial charge in [-0.3, -0.25) is 14.5 Å². The van der Waals surface area contributed by atoms with Crippen molar-refractivity contribution in [2.75, 3.05) is 4.90 Å². The number of thiophene rings is 1. The minimum atomic E-state index is -0.718. The van der Waals surface area contributed by atoms with Crippen LogP contribution in [0.4, 0.5) is 5.69 Å². The van der Waals surface area contributed by atoms with Crippen molar-refractivity contribution in [3.8, 4) is 0 Å². The van der Waals surface area contributed by atoms with Crippen molar-refractivity contribution in [2.24, 2.45) is 0 Å². The molecule has 34 heavy (non-hydrogen) atoms. The second-order valence-corrected chi connectivity index (χ2v) is 9.19. The Morgan fingerprint density at radius 3 is 2.12 bits per heavy atom. The number of carbonyl (C=O) groups is 2. The molecule has 0 radical (unpaired) electrons. The van der Waals surface area contributed by atoms with E-state index in [0.717, 1.165) is 26.4 Å². The van der Waals surface area contributed by atoms with Crippen molar-refractivity contribution >= 4 is 56.0 Å². The number of aliphatic hydroxyl groups is 1. The summed E-state index contributed by atoms with van der Waals surface area (Å²) in [4.78, 5) is 29.3. The highest BCUT2D eigenvalue weighted by atomic mass is 32.1. The van der Waals surface area contributed by atoms with Gasteiger partial charge in [0.2, 0.25) is 0 Å². The average molecular weight is 462 g/mol. The van der Waals surface area contributed by atoms with E-state index in [1.807, 2.05) is 96.4 Å². The van der Waals surface area contributed by atoms with E-state index in [4.69, 9.17) is 0 Å². The van der Waals surface area contributed by atoms with Gasteiger partial charge >= 0.3 is 0 Å². The third-order valence-electron chi connectivity index (χ3n) is 6.33. The van der Waals surface area contributed by atoms with Gasteiger partial charge in [-0.2, -0.15) is 0 Å². The highest BCUT2D eigenvalue weighted by Gasteiger charge is 2.47. The molecule has 4 aromatic carbocycles. The Bertz CT molecular complexity index is 1610. The maximum atomic E-state index is 13.5. The lowest BCUT2D eigenvalue weighted by molar-refractivity contribution is -0.132. The Kier molecular flexibility index (Phi) is 4.78. The predicted molar refractivity (Wildman–Crippen MR) is 137 cm³/mol. The Labute approximate surface area is 200 Å². The Balaban J connectivity index is 1.63. The number of fused-ring (bicyclic) bond motifs is 2. The van der Waals surface area contributed by atoms with Gasteiger partial charge in [0.25, 0.3) is 11.7 Å². The Morgan fingerprint density at radius 2 is 1.38 bits per heavy atom. The number of ketones is 1. The van der Waals surface area contributed by atoms with Gasteiger partial charge in [-0.1, -0.05) is 84.9 Å². The highest BCUT2D eigenvalue weighted by molar-refractivity contribution is 7.10. The lowest BCUT2D eigenvalue weighted by Gasteiger charge is -2.25. The van der Waals surface area contributed by atoms with Gasteiger partial charge in [0.05, 0.1) is 11.3 Å². The topological polar surface area (TPSA) is 57.6 Å². The van der Waals surface area contributed by atoms with Gasteiger partial charge in [-0.05, 0) is 33.7 Å². The summed E-state index contributed by atoms with van der Waals surface area (Å²) >= 11 is 1.46. The molecule has 2 heterocycles. The molecule has 1 fully saturated rings. The van der Waals surface area contributed by atoms with Crippen molar-refractivity contribution in [3.63, 3.8) is 0 Å². The molecule has 0 spiro atoms. The summed E-state index contributed by atoms with van der Waals surface area (Å²) in [5.74, 6) is -1.48. The van der Waals surface area contributed by atoms with Gasteiger partial charge in [0.15, 0.2) is 0 Å². The van der Waals surface area contributed by atoms with Gasteiger partial charge in [-0.25, -0.2) is 0 Å². The first kappa shape index (κ1) is 20.4. The number of rotatable bonds is 3. The van der Waals surface area contributed by atoms with E-state index in [9.17, 15) is 14.7 Å². The predicted octanol–water partition coefficient (Wildman–Crippen LogP) is 6.68. The molecule has 0 aliphatic carbocycles. The average Bonchev–Trinajstić information content (AvgIpc) is 3.50. The molecule has 1 amide bonds. The number of Topliss-reactive ketones (excluding diaryl/α,β-unsaturated/α-hetero) is 1. The van der Waals surface area contributed by atoms with Crippen molar-refractivity contribution in [2.45, 2.75) is 6.04 Å². The smallest absolute Gasteiger partial charge is 0.300 e. The van der Waals surface area contributed by atoms with Crippen LogP contribution in [0.1, 0.15) is 16.5 Å². The van der Waals surface area contributed by atoms with Crippen molar-refractivity contribution < 1.29 is 14.7 Å². The summed E-state index contributed by atoms with van der Waals surface area (Å²) in [6.45, 7) is 0. The zero-order valence-corrected chi connectivity index (χ0v) is 18.8. The van der Waals surface area contributed by atoms with Crippen LogP contribution in [0, 0.1) is 0 Å². The van der Waals surface area contributed by atoms with Gasteiger partial charge in [-0.15, -0.1) is 11.3 Å².